The van der Waals surface area contributed by atoms with Crippen molar-refractivity contribution in [3.8, 4) is 11.5 Å². The number of nitrogens with one attached hydrogen (secondary N) is 1. The van der Waals surface area contributed by atoms with Crippen molar-refractivity contribution in [1.29, 1.82) is 0 Å². The van der Waals surface area contributed by atoms with Gasteiger partial charge in [0.2, 0.25) is 0 Å². The van der Waals surface area contributed by atoms with Crippen molar-refractivity contribution in [2.45, 2.75) is 32.4 Å². The number of carbonyl (C=O) groups is 1. The molecule has 7 nitrogen and oxygen atoms in total. The summed E-state index contributed by atoms with van der Waals surface area (Å²) in [6, 6.07) is 7.17. The highest BCUT2D eigenvalue weighted by Gasteiger charge is 2.17. The molecule has 3 rings (SSSR count). The molecule has 7 heteroatoms. The molecule has 1 N–H and O–H groups in total. The van der Waals surface area contributed by atoms with Crippen molar-refractivity contribution >= 4 is 5.91 Å². The molecule has 1 aliphatic heterocycles. The van der Waals surface area contributed by atoms with E-state index in [0.29, 0.717) is 30.4 Å². The van der Waals surface area contributed by atoms with Gasteiger partial charge in [0.25, 0.3) is 5.91 Å². The first kappa shape index (κ1) is 17.3. The summed E-state index contributed by atoms with van der Waals surface area (Å²) in [5, 5.41) is 6.49. The van der Waals surface area contributed by atoms with Gasteiger partial charge in [-0.05, 0) is 37.5 Å². The van der Waals surface area contributed by atoms with Crippen LogP contribution >= 0.6 is 0 Å². The van der Waals surface area contributed by atoms with Crippen LogP contribution in [0.2, 0.25) is 0 Å². The molecule has 1 aromatic carbocycles. The predicted octanol–water partition coefficient (Wildman–Crippen LogP) is 2.48. The Bertz CT molecular complexity index is 722. The number of benzene rings is 1. The molecule has 1 atom stereocenters. The Morgan fingerprint density at radius 2 is 2.24 bits per heavy atom. The average molecular weight is 346 g/mol. The molecule has 25 heavy (non-hydrogen) atoms. The Kier molecular flexibility index (Phi) is 5.55. The van der Waals surface area contributed by atoms with Crippen LogP contribution in [0.1, 0.15) is 34.7 Å². The Morgan fingerprint density at radius 3 is 2.92 bits per heavy atom. The van der Waals surface area contributed by atoms with E-state index in [1.807, 2.05) is 18.2 Å². The van der Waals surface area contributed by atoms with Crippen LogP contribution in [0.15, 0.2) is 28.8 Å². The number of hydrogen-bond acceptors (Lipinski definition) is 6. The minimum Gasteiger partial charge on any atom is -0.493 e. The lowest BCUT2D eigenvalue weighted by molar-refractivity contribution is 0.0669. The molecule has 0 spiro atoms. The van der Waals surface area contributed by atoms with E-state index in [-0.39, 0.29) is 17.7 Å². The summed E-state index contributed by atoms with van der Waals surface area (Å²) >= 11 is 0. The van der Waals surface area contributed by atoms with Crippen LogP contribution in [0.3, 0.4) is 0 Å². The first-order chi connectivity index (χ1) is 12.2. The maximum absolute atomic E-state index is 12.0. The SMILES string of the molecule is COc1cc(CNC(=O)c2cc(C)on2)ccc1OC[C@@H]1CCCO1. The van der Waals surface area contributed by atoms with Crippen molar-refractivity contribution in [2.24, 2.45) is 0 Å². The molecule has 1 aromatic heterocycles. The van der Waals surface area contributed by atoms with Gasteiger partial charge in [0.15, 0.2) is 17.2 Å². The van der Waals surface area contributed by atoms with Gasteiger partial charge < -0.3 is 24.1 Å². The number of hydrogen-bond donors (Lipinski definition) is 1. The lowest BCUT2D eigenvalue weighted by Crippen LogP contribution is -2.23. The molecular formula is C18H22N2O5. The predicted molar refractivity (Wildman–Crippen MR) is 89.9 cm³/mol. The molecule has 0 unspecified atom stereocenters. The van der Waals surface area contributed by atoms with Crippen molar-refractivity contribution in [3.63, 3.8) is 0 Å². The number of nitrogens with zero attached hydrogens (tertiary/aromatic N) is 1. The second kappa shape index (κ2) is 8.02. The summed E-state index contributed by atoms with van der Waals surface area (Å²) in [5.41, 5.74) is 1.16. The fourth-order valence-electron chi connectivity index (χ4n) is 2.65. The van der Waals surface area contributed by atoms with Crippen LogP contribution in [0.5, 0.6) is 11.5 Å². The first-order valence-corrected chi connectivity index (χ1v) is 8.28. The molecule has 1 fully saturated rings. The van der Waals surface area contributed by atoms with Gasteiger partial charge in [0.05, 0.1) is 13.2 Å². The number of aryl methyl sites for hydroxylation is 1. The summed E-state index contributed by atoms with van der Waals surface area (Å²) in [4.78, 5) is 12.0. The molecule has 0 saturated carbocycles. The van der Waals surface area contributed by atoms with Crippen molar-refractivity contribution in [2.75, 3.05) is 20.3 Å². The Hall–Kier alpha value is -2.54. The minimum absolute atomic E-state index is 0.148. The highest BCUT2D eigenvalue weighted by atomic mass is 16.5. The van der Waals surface area contributed by atoms with E-state index in [4.69, 9.17) is 18.7 Å². The van der Waals surface area contributed by atoms with Crippen LogP contribution in [-0.2, 0) is 11.3 Å². The third-order valence-electron chi connectivity index (χ3n) is 3.99. The Balaban J connectivity index is 1.57. The van der Waals surface area contributed by atoms with Gasteiger partial charge in [-0.1, -0.05) is 11.2 Å². The van der Waals surface area contributed by atoms with Crippen molar-refractivity contribution in [3.05, 3.63) is 41.3 Å². The zero-order chi connectivity index (χ0) is 17.6. The van der Waals surface area contributed by atoms with E-state index in [0.717, 1.165) is 25.0 Å². The number of carbonyl (C=O) groups excluding carboxylic acids is 1. The van der Waals surface area contributed by atoms with Gasteiger partial charge in [0.1, 0.15) is 12.4 Å². The van der Waals surface area contributed by atoms with Crippen LogP contribution in [0, 0.1) is 6.92 Å². The highest BCUT2D eigenvalue weighted by molar-refractivity contribution is 5.92. The third-order valence-corrected chi connectivity index (χ3v) is 3.99. The average Bonchev–Trinajstić information content (AvgIpc) is 3.29. The molecule has 0 radical (unpaired) electrons. The van der Waals surface area contributed by atoms with E-state index in [1.54, 1.807) is 20.1 Å². The lowest BCUT2D eigenvalue weighted by atomic mass is 10.2. The number of rotatable bonds is 7. The van der Waals surface area contributed by atoms with Crippen LogP contribution in [-0.4, -0.2) is 37.5 Å². The van der Waals surface area contributed by atoms with Gasteiger partial charge in [0, 0.05) is 19.2 Å². The fourth-order valence-corrected chi connectivity index (χ4v) is 2.65. The topological polar surface area (TPSA) is 82.8 Å². The standard InChI is InChI=1S/C18H22N2O5/c1-12-8-15(20-25-12)18(21)19-10-13-5-6-16(17(9-13)22-2)24-11-14-4-3-7-23-14/h5-6,8-9,14H,3-4,7,10-11H2,1-2H3,(H,19,21)/t14-/m0/s1. The van der Waals surface area contributed by atoms with Crippen LogP contribution < -0.4 is 14.8 Å². The first-order valence-electron chi connectivity index (χ1n) is 8.28. The summed E-state index contributed by atoms with van der Waals surface area (Å²) in [6.07, 6.45) is 2.25. The Morgan fingerprint density at radius 1 is 1.36 bits per heavy atom. The zero-order valence-corrected chi connectivity index (χ0v) is 14.4. The fraction of sp³-hybridized carbons (Fsp3) is 0.444. The summed E-state index contributed by atoms with van der Waals surface area (Å²) in [6.45, 7) is 3.41. The number of methoxy groups -OCH3 is 1. The molecule has 1 amide bonds. The van der Waals surface area contributed by atoms with E-state index in [2.05, 4.69) is 10.5 Å². The van der Waals surface area contributed by atoms with E-state index >= 15 is 0 Å². The monoisotopic (exact) mass is 346 g/mol. The lowest BCUT2D eigenvalue weighted by Gasteiger charge is -2.15. The smallest absolute Gasteiger partial charge is 0.273 e. The number of aromatic nitrogens is 1. The summed E-state index contributed by atoms with van der Waals surface area (Å²) in [7, 11) is 1.59. The summed E-state index contributed by atoms with van der Waals surface area (Å²) in [5.74, 6) is 1.61. The van der Waals surface area contributed by atoms with Crippen LogP contribution in [0.25, 0.3) is 0 Å². The van der Waals surface area contributed by atoms with Gasteiger partial charge in [-0.2, -0.15) is 0 Å². The van der Waals surface area contributed by atoms with Crippen molar-refractivity contribution in [1.82, 2.24) is 10.5 Å². The molecule has 1 aliphatic rings. The van der Waals surface area contributed by atoms with Gasteiger partial charge in [-0.25, -0.2) is 0 Å². The van der Waals surface area contributed by atoms with Crippen LogP contribution in [0.4, 0.5) is 0 Å². The number of ether oxygens (including phenoxy) is 3. The largest absolute Gasteiger partial charge is 0.493 e. The van der Waals surface area contributed by atoms with Gasteiger partial charge >= 0.3 is 0 Å². The maximum Gasteiger partial charge on any atom is 0.273 e. The second-order valence-corrected chi connectivity index (χ2v) is 5.94. The number of amides is 1. The minimum atomic E-state index is -0.283. The van der Waals surface area contributed by atoms with Crippen molar-refractivity contribution < 1.29 is 23.5 Å². The molecule has 1 saturated heterocycles. The van der Waals surface area contributed by atoms with E-state index in [9.17, 15) is 4.79 Å². The van der Waals surface area contributed by atoms with Gasteiger partial charge in [-0.15, -0.1) is 0 Å². The van der Waals surface area contributed by atoms with E-state index < -0.39 is 0 Å². The molecule has 0 bridgehead atoms. The third kappa shape index (κ3) is 4.51. The maximum atomic E-state index is 12.0. The molecule has 2 heterocycles. The zero-order valence-electron chi connectivity index (χ0n) is 14.4. The molecule has 134 valence electrons. The second-order valence-electron chi connectivity index (χ2n) is 5.94. The summed E-state index contributed by atoms with van der Waals surface area (Å²) < 4.78 is 21.7. The molecule has 2 aromatic rings. The quantitative estimate of drug-likeness (QED) is 0.829. The molecular weight excluding hydrogens is 324 g/mol. The molecule has 0 aliphatic carbocycles. The normalized spacial score (nSPS) is 16.6. The van der Waals surface area contributed by atoms with E-state index in [1.165, 1.54) is 0 Å². The Labute approximate surface area is 146 Å². The highest BCUT2D eigenvalue weighted by Crippen LogP contribution is 2.29. The van der Waals surface area contributed by atoms with Gasteiger partial charge in [-0.3, -0.25) is 4.79 Å².